The number of nitrogens with one attached hydrogen (secondary N) is 1. The van der Waals surface area contributed by atoms with Crippen LogP contribution in [-0.2, 0) is 0 Å². The fraction of sp³-hybridized carbons (Fsp3) is 0. The SMILES string of the molecule is O=C(Nc1cc(Br)ccc1Br)c1cc(O)ccc1O. The van der Waals surface area contributed by atoms with Crippen LogP contribution in [0.5, 0.6) is 11.5 Å². The molecule has 0 aromatic heterocycles. The standard InChI is InChI=1S/C13H9Br2NO3/c14-7-1-3-10(15)11(5-7)16-13(19)9-6-8(17)2-4-12(9)18/h1-6,17-18H,(H,16,19). The average molecular weight is 387 g/mol. The zero-order valence-electron chi connectivity index (χ0n) is 9.52. The van der Waals surface area contributed by atoms with Crippen molar-refractivity contribution in [1.82, 2.24) is 0 Å². The number of halogens is 2. The van der Waals surface area contributed by atoms with Gasteiger partial charge in [-0.25, -0.2) is 0 Å². The van der Waals surface area contributed by atoms with Crippen LogP contribution in [0.1, 0.15) is 10.4 Å². The monoisotopic (exact) mass is 385 g/mol. The molecule has 0 spiro atoms. The number of carbonyl (C=O) groups is 1. The molecule has 3 N–H and O–H groups in total. The lowest BCUT2D eigenvalue weighted by Gasteiger charge is -2.09. The zero-order valence-corrected chi connectivity index (χ0v) is 12.7. The molecule has 0 atom stereocenters. The van der Waals surface area contributed by atoms with E-state index in [0.717, 1.165) is 4.47 Å². The zero-order chi connectivity index (χ0) is 14.0. The van der Waals surface area contributed by atoms with Gasteiger partial charge in [-0.1, -0.05) is 15.9 Å². The second-order valence-electron chi connectivity index (χ2n) is 3.78. The molecule has 0 saturated heterocycles. The fourth-order valence-corrected chi connectivity index (χ4v) is 2.20. The smallest absolute Gasteiger partial charge is 0.259 e. The van der Waals surface area contributed by atoms with Crippen molar-refractivity contribution >= 4 is 43.5 Å². The predicted octanol–water partition coefficient (Wildman–Crippen LogP) is 3.88. The first-order valence-electron chi connectivity index (χ1n) is 5.26. The summed E-state index contributed by atoms with van der Waals surface area (Å²) in [6, 6.07) is 9.10. The summed E-state index contributed by atoms with van der Waals surface area (Å²) >= 11 is 6.62. The molecule has 4 nitrogen and oxygen atoms in total. The largest absolute Gasteiger partial charge is 0.508 e. The Kier molecular flexibility index (Phi) is 4.11. The van der Waals surface area contributed by atoms with E-state index < -0.39 is 5.91 Å². The van der Waals surface area contributed by atoms with Gasteiger partial charge in [0.2, 0.25) is 0 Å². The number of anilines is 1. The maximum absolute atomic E-state index is 12.0. The van der Waals surface area contributed by atoms with Crippen molar-refractivity contribution in [3.05, 3.63) is 50.9 Å². The normalized spacial score (nSPS) is 10.2. The van der Waals surface area contributed by atoms with E-state index in [1.165, 1.54) is 18.2 Å². The van der Waals surface area contributed by atoms with Crippen molar-refractivity contribution in [2.45, 2.75) is 0 Å². The van der Waals surface area contributed by atoms with E-state index in [4.69, 9.17) is 0 Å². The van der Waals surface area contributed by atoms with Crippen LogP contribution in [0.3, 0.4) is 0 Å². The van der Waals surface area contributed by atoms with Gasteiger partial charge >= 0.3 is 0 Å². The van der Waals surface area contributed by atoms with Crippen molar-refractivity contribution in [1.29, 1.82) is 0 Å². The third-order valence-electron chi connectivity index (χ3n) is 2.40. The minimum absolute atomic E-state index is 0.00637. The van der Waals surface area contributed by atoms with Gasteiger partial charge in [-0.05, 0) is 52.3 Å². The molecule has 0 aliphatic heterocycles. The Morgan fingerprint density at radius 1 is 1.05 bits per heavy atom. The number of aromatic hydroxyl groups is 2. The maximum Gasteiger partial charge on any atom is 0.259 e. The first-order chi connectivity index (χ1) is 8.97. The van der Waals surface area contributed by atoms with E-state index in [1.54, 1.807) is 12.1 Å². The molecule has 2 rings (SSSR count). The minimum Gasteiger partial charge on any atom is -0.508 e. The molecule has 19 heavy (non-hydrogen) atoms. The lowest BCUT2D eigenvalue weighted by molar-refractivity contribution is 0.102. The molecule has 0 heterocycles. The second-order valence-corrected chi connectivity index (χ2v) is 5.55. The van der Waals surface area contributed by atoms with Crippen LogP contribution in [0.15, 0.2) is 45.3 Å². The summed E-state index contributed by atoms with van der Waals surface area (Å²) in [5.74, 6) is -0.787. The number of carbonyl (C=O) groups excluding carboxylic acids is 1. The maximum atomic E-state index is 12.0. The Balaban J connectivity index is 2.30. The first kappa shape index (κ1) is 13.9. The van der Waals surface area contributed by atoms with Crippen LogP contribution in [0, 0.1) is 0 Å². The van der Waals surface area contributed by atoms with Crippen molar-refractivity contribution in [2.75, 3.05) is 5.32 Å². The van der Waals surface area contributed by atoms with Gasteiger partial charge in [0.05, 0.1) is 11.3 Å². The molecule has 0 saturated carbocycles. The van der Waals surface area contributed by atoms with Crippen LogP contribution >= 0.6 is 31.9 Å². The molecule has 2 aromatic carbocycles. The highest BCUT2D eigenvalue weighted by Gasteiger charge is 2.13. The minimum atomic E-state index is -0.507. The van der Waals surface area contributed by atoms with Gasteiger partial charge in [-0.15, -0.1) is 0 Å². The second kappa shape index (κ2) is 5.63. The van der Waals surface area contributed by atoms with Gasteiger partial charge in [-0.3, -0.25) is 4.79 Å². The van der Waals surface area contributed by atoms with Crippen molar-refractivity contribution in [2.24, 2.45) is 0 Å². The van der Waals surface area contributed by atoms with Gasteiger partial charge in [-0.2, -0.15) is 0 Å². The van der Waals surface area contributed by atoms with E-state index >= 15 is 0 Å². The summed E-state index contributed by atoms with van der Waals surface area (Å²) < 4.78 is 1.52. The number of hydrogen-bond acceptors (Lipinski definition) is 3. The van der Waals surface area contributed by atoms with E-state index in [0.29, 0.717) is 10.2 Å². The summed E-state index contributed by atoms with van der Waals surface area (Å²) in [5.41, 5.74) is 0.564. The van der Waals surface area contributed by atoms with Gasteiger partial charge in [0, 0.05) is 8.95 Å². The number of benzene rings is 2. The Labute approximate surface area is 126 Å². The van der Waals surface area contributed by atoms with E-state index in [2.05, 4.69) is 37.2 Å². The summed E-state index contributed by atoms with van der Waals surface area (Å²) in [6.07, 6.45) is 0. The highest BCUT2D eigenvalue weighted by atomic mass is 79.9. The molecule has 0 bridgehead atoms. The summed E-state index contributed by atoms with van der Waals surface area (Å²) in [5, 5.41) is 21.6. The molecular weight excluding hydrogens is 378 g/mol. The molecule has 0 radical (unpaired) electrons. The van der Waals surface area contributed by atoms with E-state index in [1.807, 2.05) is 6.07 Å². The third kappa shape index (κ3) is 3.27. The number of hydrogen-bond donors (Lipinski definition) is 3. The Hall–Kier alpha value is -1.53. The van der Waals surface area contributed by atoms with Gasteiger partial charge in [0.1, 0.15) is 11.5 Å². The van der Waals surface area contributed by atoms with Gasteiger partial charge in [0.25, 0.3) is 5.91 Å². The van der Waals surface area contributed by atoms with Gasteiger partial charge < -0.3 is 15.5 Å². The highest BCUT2D eigenvalue weighted by molar-refractivity contribution is 9.11. The lowest BCUT2D eigenvalue weighted by Crippen LogP contribution is -2.12. The van der Waals surface area contributed by atoms with Crippen LogP contribution in [0.25, 0.3) is 0 Å². The van der Waals surface area contributed by atoms with Crippen LogP contribution in [0.4, 0.5) is 5.69 Å². The number of phenolic OH excluding ortho intramolecular Hbond substituents is 2. The number of phenols is 2. The number of amides is 1. The third-order valence-corrected chi connectivity index (χ3v) is 3.59. The van der Waals surface area contributed by atoms with Crippen LogP contribution < -0.4 is 5.32 Å². The molecule has 98 valence electrons. The summed E-state index contributed by atoms with van der Waals surface area (Å²) in [4.78, 5) is 12.0. The van der Waals surface area contributed by atoms with Crippen molar-refractivity contribution in [3.63, 3.8) is 0 Å². The molecular formula is C13H9Br2NO3. The molecule has 1 amide bonds. The fourth-order valence-electron chi connectivity index (χ4n) is 1.49. The van der Waals surface area contributed by atoms with Crippen molar-refractivity contribution in [3.8, 4) is 11.5 Å². The highest BCUT2D eigenvalue weighted by Crippen LogP contribution is 2.28. The summed E-state index contributed by atoms with van der Waals surface area (Å²) in [7, 11) is 0. The molecule has 0 aliphatic rings. The number of rotatable bonds is 2. The average Bonchev–Trinajstić information content (AvgIpc) is 2.36. The molecule has 6 heteroatoms. The van der Waals surface area contributed by atoms with Crippen LogP contribution in [-0.4, -0.2) is 16.1 Å². The summed E-state index contributed by atoms with van der Waals surface area (Å²) in [6.45, 7) is 0. The van der Waals surface area contributed by atoms with Crippen LogP contribution in [0.2, 0.25) is 0 Å². The first-order valence-corrected chi connectivity index (χ1v) is 6.84. The van der Waals surface area contributed by atoms with Crippen molar-refractivity contribution < 1.29 is 15.0 Å². The molecule has 0 unspecified atom stereocenters. The Morgan fingerprint density at radius 3 is 2.53 bits per heavy atom. The van der Waals surface area contributed by atoms with E-state index in [-0.39, 0.29) is 17.1 Å². The molecule has 0 aliphatic carbocycles. The topological polar surface area (TPSA) is 69.6 Å². The predicted molar refractivity (Wildman–Crippen MR) is 79.6 cm³/mol. The molecule has 2 aromatic rings. The Morgan fingerprint density at radius 2 is 1.79 bits per heavy atom. The quantitative estimate of drug-likeness (QED) is 0.686. The lowest BCUT2D eigenvalue weighted by atomic mass is 10.1. The molecule has 0 fully saturated rings. The van der Waals surface area contributed by atoms with E-state index in [9.17, 15) is 15.0 Å². The van der Waals surface area contributed by atoms with Gasteiger partial charge in [0.15, 0.2) is 0 Å². The Bertz CT molecular complexity index is 644.